The van der Waals surface area contributed by atoms with Crippen molar-refractivity contribution >= 4 is 11.9 Å². The minimum atomic E-state index is -0.801. The lowest BCUT2D eigenvalue weighted by atomic mass is 9.47. The van der Waals surface area contributed by atoms with Gasteiger partial charge in [-0.2, -0.15) is 0 Å². The normalized spacial score (nSPS) is 48.7. The second-order valence-electron chi connectivity index (χ2n) is 10.1. The largest absolute Gasteiger partial charge is 0.481 e. The summed E-state index contributed by atoms with van der Waals surface area (Å²) in [6.07, 6.45) is 13.9. The fourth-order valence-corrected chi connectivity index (χ4v) is 8.08. The molecule has 6 bridgehead atoms. The van der Waals surface area contributed by atoms with Crippen molar-refractivity contribution in [3.05, 3.63) is 12.2 Å². The van der Waals surface area contributed by atoms with Crippen LogP contribution >= 0.6 is 0 Å². The van der Waals surface area contributed by atoms with Crippen LogP contribution in [0.4, 0.5) is 0 Å². The molecule has 5 atom stereocenters. The minimum Gasteiger partial charge on any atom is -0.481 e. The number of fused-ring (bicyclic) bond motifs is 2. The van der Waals surface area contributed by atoms with Crippen LogP contribution in [-0.2, 0) is 9.59 Å². The maximum absolute atomic E-state index is 13.2. The van der Waals surface area contributed by atoms with E-state index in [0.29, 0.717) is 0 Å². The molecule has 0 aliphatic heterocycles. The van der Waals surface area contributed by atoms with Crippen LogP contribution < -0.4 is 5.32 Å². The van der Waals surface area contributed by atoms with Gasteiger partial charge in [0.25, 0.3) is 0 Å². The first-order chi connectivity index (χ1) is 12.5. The van der Waals surface area contributed by atoms with Crippen LogP contribution in [-0.4, -0.2) is 23.0 Å². The molecule has 26 heavy (non-hydrogen) atoms. The van der Waals surface area contributed by atoms with Crippen LogP contribution in [0.15, 0.2) is 12.2 Å². The summed E-state index contributed by atoms with van der Waals surface area (Å²) in [4.78, 5) is 25.0. The van der Waals surface area contributed by atoms with E-state index in [4.69, 9.17) is 0 Å². The summed E-state index contributed by atoms with van der Waals surface area (Å²) >= 11 is 0. The summed E-state index contributed by atoms with van der Waals surface area (Å²) in [6, 6.07) is 0.223. The van der Waals surface area contributed by atoms with E-state index < -0.39 is 11.9 Å². The number of carboxylic acids is 1. The number of carboxylic acid groups (broad SMARTS) is 1. The number of nitrogens with one attached hydrogen (secondary N) is 1. The van der Waals surface area contributed by atoms with Gasteiger partial charge >= 0.3 is 5.97 Å². The average molecular weight is 357 g/mol. The molecule has 4 heteroatoms. The molecule has 6 aliphatic carbocycles. The lowest BCUT2D eigenvalue weighted by molar-refractivity contribution is -0.148. The maximum Gasteiger partial charge on any atom is 0.307 e. The van der Waals surface area contributed by atoms with Gasteiger partial charge in [-0.1, -0.05) is 19.1 Å². The van der Waals surface area contributed by atoms with Crippen LogP contribution in [0.2, 0.25) is 0 Å². The number of allylic oxidation sites excluding steroid dienone is 2. The van der Waals surface area contributed by atoms with Crippen molar-refractivity contribution < 1.29 is 14.7 Å². The summed E-state index contributed by atoms with van der Waals surface area (Å²) in [6.45, 7) is 2.19. The predicted molar refractivity (Wildman–Crippen MR) is 98.2 cm³/mol. The van der Waals surface area contributed by atoms with E-state index in [-0.39, 0.29) is 35.1 Å². The molecule has 142 valence electrons. The van der Waals surface area contributed by atoms with Crippen LogP contribution in [0.25, 0.3) is 0 Å². The summed E-state index contributed by atoms with van der Waals surface area (Å²) < 4.78 is 0. The minimum absolute atomic E-state index is 0.0110. The van der Waals surface area contributed by atoms with Crippen molar-refractivity contribution in [2.75, 3.05) is 0 Å². The summed E-state index contributed by atoms with van der Waals surface area (Å²) in [5.74, 6) is 1.08. The van der Waals surface area contributed by atoms with Gasteiger partial charge in [-0.05, 0) is 86.4 Å². The molecule has 4 nitrogen and oxygen atoms in total. The standard InChI is InChI=1S/C22H31NO3/c1-2-17(22-9-12-5-13(10-22)7-14(6-12)11-22)23-20(24)18-15-3-4-16(8-15)19(18)21(25)26/h3-4,12-19H,2,5-11H2,1H3,(H,23,24)(H,25,26)/t12?,13?,14?,15-,16-,17-,18+,19-,22?/m0/s1. The van der Waals surface area contributed by atoms with Crippen molar-refractivity contribution in [2.24, 2.45) is 46.8 Å². The molecule has 0 spiro atoms. The Hall–Kier alpha value is -1.32. The highest BCUT2D eigenvalue weighted by Crippen LogP contribution is 2.61. The van der Waals surface area contributed by atoms with Gasteiger partial charge in [0, 0.05) is 6.04 Å². The highest BCUT2D eigenvalue weighted by atomic mass is 16.4. The van der Waals surface area contributed by atoms with E-state index in [1.807, 2.05) is 6.08 Å². The maximum atomic E-state index is 13.2. The molecule has 5 fully saturated rings. The fourth-order valence-electron chi connectivity index (χ4n) is 8.08. The zero-order chi connectivity index (χ0) is 18.1. The Labute approximate surface area is 155 Å². The van der Waals surface area contributed by atoms with E-state index in [0.717, 1.165) is 30.6 Å². The molecule has 0 saturated heterocycles. The molecule has 6 aliphatic rings. The second-order valence-corrected chi connectivity index (χ2v) is 10.1. The van der Waals surface area contributed by atoms with Crippen LogP contribution in [0.5, 0.6) is 0 Å². The van der Waals surface area contributed by atoms with Gasteiger partial charge in [-0.3, -0.25) is 9.59 Å². The SMILES string of the molecule is CC[C@H](NC(=O)[C@H]1[C@@H](C(=O)O)[C@H]2C=C[C@H]1C2)C12CC3CC(CC(C3)C1)C2. The highest BCUT2D eigenvalue weighted by Gasteiger charge is 2.56. The van der Waals surface area contributed by atoms with Crippen molar-refractivity contribution in [3.63, 3.8) is 0 Å². The summed E-state index contributed by atoms with van der Waals surface area (Å²) in [7, 11) is 0. The molecule has 0 aromatic heterocycles. The number of carbonyl (C=O) groups is 2. The predicted octanol–water partition coefficient (Wildman–Crippen LogP) is 3.62. The van der Waals surface area contributed by atoms with Crippen molar-refractivity contribution in [3.8, 4) is 0 Å². The molecule has 5 saturated carbocycles. The van der Waals surface area contributed by atoms with E-state index in [1.54, 1.807) is 0 Å². The van der Waals surface area contributed by atoms with Crippen molar-refractivity contribution in [1.82, 2.24) is 5.32 Å². The molecule has 0 heterocycles. The Balaban J connectivity index is 1.35. The smallest absolute Gasteiger partial charge is 0.307 e. The third kappa shape index (κ3) is 2.40. The molecule has 6 rings (SSSR count). The van der Waals surface area contributed by atoms with E-state index in [1.165, 1.54) is 38.5 Å². The highest BCUT2D eigenvalue weighted by molar-refractivity contribution is 5.87. The van der Waals surface area contributed by atoms with Gasteiger partial charge in [-0.15, -0.1) is 0 Å². The number of rotatable bonds is 5. The third-order valence-electron chi connectivity index (χ3n) is 8.60. The van der Waals surface area contributed by atoms with Crippen LogP contribution in [0, 0.1) is 46.8 Å². The van der Waals surface area contributed by atoms with E-state index >= 15 is 0 Å². The molecule has 1 amide bonds. The zero-order valence-electron chi connectivity index (χ0n) is 15.7. The molecule has 0 unspecified atom stereocenters. The Morgan fingerprint density at radius 3 is 2.04 bits per heavy atom. The Morgan fingerprint density at radius 1 is 1.00 bits per heavy atom. The average Bonchev–Trinajstić information content (AvgIpc) is 3.19. The monoisotopic (exact) mass is 357 g/mol. The zero-order valence-corrected chi connectivity index (χ0v) is 15.7. The Bertz CT molecular complexity index is 618. The second kappa shape index (κ2) is 5.84. The van der Waals surface area contributed by atoms with Gasteiger partial charge in [0.15, 0.2) is 0 Å². The Morgan fingerprint density at radius 2 is 1.54 bits per heavy atom. The van der Waals surface area contributed by atoms with Crippen molar-refractivity contribution in [2.45, 2.75) is 64.3 Å². The fraction of sp³-hybridized carbons (Fsp3) is 0.818. The molecule has 2 N–H and O–H groups in total. The molecule has 0 aromatic carbocycles. The Kier molecular flexibility index (Phi) is 3.78. The first-order valence-corrected chi connectivity index (χ1v) is 10.7. The molecule has 0 aromatic rings. The van der Waals surface area contributed by atoms with Crippen molar-refractivity contribution in [1.29, 1.82) is 0 Å². The third-order valence-corrected chi connectivity index (χ3v) is 8.60. The number of hydrogen-bond donors (Lipinski definition) is 2. The summed E-state index contributed by atoms with van der Waals surface area (Å²) in [5, 5.41) is 13.1. The van der Waals surface area contributed by atoms with E-state index in [2.05, 4.69) is 18.3 Å². The first-order valence-electron chi connectivity index (χ1n) is 10.7. The molecular weight excluding hydrogens is 326 g/mol. The topological polar surface area (TPSA) is 66.4 Å². The van der Waals surface area contributed by atoms with Gasteiger partial charge < -0.3 is 10.4 Å². The number of amides is 1. The number of carbonyl (C=O) groups excluding carboxylic acids is 1. The van der Waals surface area contributed by atoms with Crippen LogP contribution in [0.1, 0.15) is 58.3 Å². The van der Waals surface area contributed by atoms with Gasteiger partial charge in [0.1, 0.15) is 0 Å². The first kappa shape index (κ1) is 16.8. The lowest BCUT2D eigenvalue weighted by Gasteiger charge is -2.59. The summed E-state index contributed by atoms with van der Waals surface area (Å²) in [5.41, 5.74) is 0.283. The molecular formula is C22H31NO3. The van der Waals surface area contributed by atoms with E-state index in [9.17, 15) is 14.7 Å². The quantitative estimate of drug-likeness (QED) is 0.739. The number of aliphatic carboxylic acids is 1. The van der Waals surface area contributed by atoms with Gasteiger partial charge in [0.2, 0.25) is 5.91 Å². The molecule has 0 radical (unpaired) electrons. The van der Waals surface area contributed by atoms with Gasteiger partial charge in [0.05, 0.1) is 11.8 Å². The lowest BCUT2D eigenvalue weighted by Crippen LogP contribution is -2.58. The number of hydrogen-bond acceptors (Lipinski definition) is 2. The van der Waals surface area contributed by atoms with Crippen LogP contribution in [0.3, 0.4) is 0 Å². The van der Waals surface area contributed by atoms with Gasteiger partial charge in [-0.25, -0.2) is 0 Å².